The second kappa shape index (κ2) is 3.13. The zero-order chi connectivity index (χ0) is 6.73. The summed E-state index contributed by atoms with van der Waals surface area (Å²) in [6, 6.07) is 0.907. The van der Waals surface area contributed by atoms with E-state index in [4.69, 9.17) is 7.98 Å². The lowest BCUT2D eigenvalue weighted by molar-refractivity contribution is 0.320. The van der Waals surface area contributed by atoms with Crippen molar-refractivity contribution in [3.05, 3.63) is 0 Å². The molecule has 0 aliphatic rings. The van der Waals surface area contributed by atoms with Gasteiger partial charge in [0.25, 0.3) is 0 Å². The molecular weight excluding hydrogens is 96.9 g/mol. The van der Waals surface area contributed by atoms with E-state index in [1.54, 1.807) is 0 Å². The van der Waals surface area contributed by atoms with Crippen molar-refractivity contribution in [3.63, 3.8) is 0 Å². The van der Waals surface area contributed by atoms with E-state index in [0.29, 0.717) is 12.1 Å². The van der Waals surface area contributed by atoms with E-state index in [-0.39, 0.29) is 0 Å². The van der Waals surface area contributed by atoms with Gasteiger partial charge in [-0.15, -0.1) is 0 Å². The van der Waals surface area contributed by atoms with Crippen molar-refractivity contribution in [3.8, 4) is 0 Å². The van der Waals surface area contributed by atoms with Crippen LogP contribution < -0.4 is 0 Å². The molecule has 8 heavy (non-hydrogen) atoms. The summed E-state index contributed by atoms with van der Waals surface area (Å²) < 4.78 is 0. The Bertz CT molecular complexity index is 53.5. The van der Waals surface area contributed by atoms with Crippen LogP contribution in [0.4, 0.5) is 0 Å². The molecule has 0 spiro atoms. The van der Waals surface area contributed by atoms with Gasteiger partial charge in [-0.05, 0) is 12.1 Å². The first-order valence-corrected chi connectivity index (χ1v) is 3.08. The molecule has 0 aromatic carbocycles. The molecule has 1 nitrogen and oxygen atoms in total. The second-order valence-electron chi connectivity index (χ2n) is 2.63. The van der Waals surface area contributed by atoms with Gasteiger partial charge in [-0.1, -0.05) is 27.7 Å². The van der Waals surface area contributed by atoms with Crippen LogP contribution in [0.15, 0.2) is 0 Å². The van der Waals surface area contributed by atoms with Crippen LogP contribution in [-0.2, 0) is 0 Å². The van der Waals surface area contributed by atoms with Gasteiger partial charge in [0.05, 0.1) is 0 Å². The molecule has 0 aromatic heterocycles. The van der Waals surface area contributed by atoms with E-state index in [0.717, 1.165) is 0 Å². The van der Waals surface area contributed by atoms with Crippen molar-refractivity contribution in [2.75, 3.05) is 0 Å². The Morgan fingerprint density at radius 1 is 1.00 bits per heavy atom. The maximum Gasteiger partial charge on any atom is -0.0392 e. The standard InChI is InChI=1S/C6H14BN/c1-5(2)8(7)6(3)4/h5-6H,1-4H3/q-1. The van der Waals surface area contributed by atoms with Gasteiger partial charge in [0, 0.05) is 0 Å². The summed E-state index contributed by atoms with van der Waals surface area (Å²) in [4.78, 5) is 1.83. The Morgan fingerprint density at radius 2 is 1.25 bits per heavy atom. The van der Waals surface area contributed by atoms with Gasteiger partial charge >= 0.3 is 0 Å². The van der Waals surface area contributed by atoms with Gasteiger partial charge in [-0.3, -0.25) is 0 Å². The lowest BCUT2D eigenvalue weighted by Crippen LogP contribution is -2.34. The maximum atomic E-state index is 5.59. The van der Waals surface area contributed by atoms with E-state index in [2.05, 4.69) is 27.7 Å². The maximum absolute atomic E-state index is 5.59. The van der Waals surface area contributed by atoms with Gasteiger partial charge in [-0.25, -0.2) is 0 Å². The lowest BCUT2D eigenvalue weighted by Gasteiger charge is -2.41. The van der Waals surface area contributed by atoms with E-state index in [1.165, 1.54) is 0 Å². The first-order chi connectivity index (χ1) is 3.55. The fraction of sp³-hybridized carbons (Fsp3) is 1.00. The Labute approximate surface area is 53.5 Å². The zero-order valence-corrected chi connectivity index (χ0v) is 6.18. The minimum atomic E-state index is 0.454. The van der Waals surface area contributed by atoms with Gasteiger partial charge in [0.15, 0.2) is 0 Å². The minimum Gasteiger partial charge on any atom is -0.576 e. The molecule has 0 saturated heterocycles. The third kappa shape index (κ3) is 2.36. The summed E-state index contributed by atoms with van der Waals surface area (Å²) in [5.41, 5.74) is 0. The third-order valence-electron chi connectivity index (χ3n) is 1.19. The molecule has 0 amide bonds. The molecule has 3 radical (unpaired) electrons. The Hall–Kier alpha value is 0.0249. The molecule has 0 atom stereocenters. The van der Waals surface area contributed by atoms with Crippen molar-refractivity contribution < 1.29 is 0 Å². The Balaban J connectivity index is 3.46. The largest absolute Gasteiger partial charge is 0.576 e. The zero-order valence-electron chi connectivity index (χ0n) is 6.18. The average Bonchev–Trinajstić information content (AvgIpc) is 1.64. The van der Waals surface area contributed by atoms with Crippen LogP contribution in [0.2, 0.25) is 0 Å². The highest BCUT2D eigenvalue weighted by molar-refractivity contribution is 6.04. The molecule has 0 unspecified atom stereocenters. The molecule has 2 heteroatoms. The Kier molecular flexibility index (Phi) is 3.14. The lowest BCUT2D eigenvalue weighted by atomic mass is 10.1. The van der Waals surface area contributed by atoms with Crippen LogP contribution in [0.25, 0.3) is 0 Å². The predicted molar refractivity (Wildman–Crippen MR) is 37.9 cm³/mol. The monoisotopic (exact) mass is 111 g/mol. The van der Waals surface area contributed by atoms with Crippen molar-refractivity contribution in [2.24, 2.45) is 0 Å². The molecular formula is C6H14BN-. The average molecular weight is 111 g/mol. The van der Waals surface area contributed by atoms with Crippen LogP contribution >= 0.6 is 0 Å². The van der Waals surface area contributed by atoms with E-state index < -0.39 is 0 Å². The number of hydrogen-bond donors (Lipinski definition) is 0. The van der Waals surface area contributed by atoms with Gasteiger partial charge in [-0.2, -0.15) is 0 Å². The molecule has 0 heterocycles. The second-order valence-corrected chi connectivity index (χ2v) is 2.63. The molecule has 0 rings (SSSR count). The van der Waals surface area contributed by atoms with E-state index >= 15 is 0 Å². The van der Waals surface area contributed by atoms with Crippen LogP contribution in [0.1, 0.15) is 27.7 Å². The summed E-state index contributed by atoms with van der Waals surface area (Å²) in [6.45, 7) is 8.33. The summed E-state index contributed by atoms with van der Waals surface area (Å²) in [6.07, 6.45) is 0. The fourth-order valence-corrected chi connectivity index (χ4v) is 0.596. The molecule has 47 valence electrons. The van der Waals surface area contributed by atoms with Gasteiger partial charge < -0.3 is 12.8 Å². The minimum absolute atomic E-state index is 0.454. The van der Waals surface area contributed by atoms with Crippen molar-refractivity contribution in [1.29, 1.82) is 0 Å². The molecule has 0 aromatic rings. The summed E-state index contributed by atoms with van der Waals surface area (Å²) >= 11 is 0. The molecule has 0 N–H and O–H groups in total. The van der Waals surface area contributed by atoms with E-state index in [1.807, 2.05) is 4.81 Å². The highest BCUT2D eigenvalue weighted by atomic mass is 15.1. The third-order valence-corrected chi connectivity index (χ3v) is 1.19. The Morgan fingerprint density at radius 3 is 1.25 bits per heavy atom. The summed E-state index contributed by atoms with van der Waals surface area (Å²) in [7, 11) is 5.59. The highest BCUT2D eigenvalue weighted by Crippen LogP contribution is 1.97. The highest BCUT2D eigenvalue weighted by Gasteiger charge is 1.93. The molecule has 0 bridgehead atoms. The normalized spacial score (nSPS) is 12.0. The molecule has 0 fully saturated rings. The number of hydrogen-bond acceptors (Lipinski definition) is 1. The van der Waals surface area contributed by atoms with Crippen molar-refractivity contribution in [1.82, 2.24) is 4.81 Å². The number of nitrogens with zero attached hydrogens (tertiary/aromatic N) is 1. The van der Waals surface area contributed by atoms with Crippen LogP contribution in [-0.4, -0.2) is 24.9 Å². The van der Waals surface area contributed by atoms with Crippen LogP contribution in [0.3, 0.4) is 0 Å². The SMILES string of the molecule is [B-]N(C(C)C)C(C)C. The number of rotatable bonds is 2. The summed E-state index contributed by atoms with van der Waals surface area (Å²) in [5.74, 6) is 0. The fourth-order valence-electron chi connectivity index (χ4n) is 0.596. The first-order valence-electron chi connectivity index (χ1n) is 3.08. The smallest absolute Gasteiger partial charge is 0.0392 e. The van der Waals surface area contributed by atoms with Crippen LogP contribution in [0, 0.1) is 0 Å². The summed E-state index contributed by atoms with van der Waals surface area (Å²) in [5, 5.41) is 0. The quantitative estimate of drug-likeness (QED) is 0.483. The van der Waals surface area contributed by atoms with E-state index in [9.17, 15) is 0 Å². The predicted octanol–water partition coefficient (Wildman–Crippen LogP) is 1.19. The molecule has 0 aliphatic heterocycles. The van der Waals surface area contributed by atoms with Crippen LogP contribution in [0.5, 0.6) is 0 Å². The topological polar surface area (TPSA) is 3.24 Å². The first kappa shape index (κ1) is 8.02. The molecule has 0 aliphatic carbocycles. The van der Waals surface area contributed by atoms with Crippen molar-refractivity contribution in [2.45, 2.75) is 39.8 Å². The molecule has 0 saturated carbocycles. The van der Waals surface area contributed by atoms with Gasteiger partial charge in [0.1, 0.15) is 0 Å². The van der Waals surface area contributed by atoms with Crippen molar-refractivity contribution >= 4 is 7.98 Å². The van der Waals surface area contributed by atoms with Gasteiger partial charge in [0.2, 0.25) is 0 Å².